The molecule has 24 heavy (non-hydrogen) atoms. The van der Waals surface area contributed by atoms with E-state index < -0.39 is 5.82 Å². The van der Waals surface area contributed by atoms with Crippen LogP contribution in [0, 0.1) is 19.7 Å². The minimum absolute atomic E-state index is 0.0412. The predicted octanol–water partition coefficient (Wildman–Crippen LogP) is 3.36. The van der Waals surface area contributed by atoms with E-state index in [4.69, 9.17) is 9.47 Å². The Morgan fingerprint density at radius 1 is 1.08 bits per heavy atom. The Hall–Kier alpha value is -2.56. The van der Waals surface area contributed by atoms with E-state index >= 15 is 0 Å². The number of aryl methyl sites for hydroxylation is 2. The van der Waals surface area contributed by atoms with Crippen molar-refractivity contribution in [2.45, 2.75) is 13.8 Å². The van der Waals surface area contributed by atoms with Crippen LogP contribution in [-0.2, 0) is 4.79 Å². The number of benzene rings is 2. The first-order valence-corrected chi connectivity index (χ1v) is 7.78. The van der Waals surface area contributed by atoms with Gasteiger partial charge in [-0.25, -0.2) is 4.39 Å². The Kier molecular flexibility index (Phi) is 6.18. The van der Waals surface area contributed by atoms with Crippen LogP contribution >= 0.6 is 0 Å². The summed E-state index contributed by atoms with van der Waals surface area (Å²) in [6, 6.07) is 12.1. The summed E-state index contributed by atoms with van der Waals surface area (Å²) < 4.78 is 24.4. The Balaban J connectivity index is 1.78. The van der Waals surface area contributed by atoms with Gasteiger partial charge in [0, 0.05) is 7.05 Å². The maximum Gasteiger partial charge on any atom is 0.260 e. The second-order valence-corrected chi connectivity index (χ2v) is 5.65. The van der Waals surface area contributed by atoms with Gasteiger partial charge in [0.2, 0.25) is 0 Å². The molecule has 2 aromatic carbocycles. The molecule has 0 aliphatic heterocycles. The molecule has 0 spiro atoms. The molecule has 0 unspecified atom stereocenters. The van der Waals surface area contributed by atoms with Gasteiger partial charge < -0.3 is 14.4 Å². The SMILES string of the molecule is Cc1ccc(C)c(OCC(=O)N(C)CCOc2ccccc2F)c1. The molecule has 0 aliphatic rings. The maximum absolute atomic E-state index is 13.4. The molecule has 0 radical (unpaired) electrons. The van der Waals surface area contributed by atoms with Crippen molar-refractivity contribution in [2.24, 2.45) is 0 Å². The van der Waals surface area contributed by atoms with Crippen molar-refractivity contribution in [3.63, 3.8) is 0 Å². The van der Waals surface area contributed by atoms with E-state index in [1.54, 1.807) is 25.2 Å². The third-order valence-corrected chi connectivity index (χ3v) is 3.64. The number of rotatable bonds is 7. The van der Waals surface area contributed by atoms with E-state index in [-0.39, 0.29) is 24.9 Å². The number of halogens is 1. The topological polar surface area (TPSA) is 38.8 Å². The summed E-state index contributed by atoms with van der Waals surface area (Å²) in [4.78, 5) is 13.6. The number of para-hydroxylation sites is 1. The fourth-order valence-corrected chi connectivity index (χ4v) is 2.09. The third kappa shape index (κ3) is 4.98. The van der Waals surface area contributed by atoms with Gasteiger partial charge in [0.25, 0.3) is 5.91 Å². The van der Waals surface area contributed by atoms with Crippen molar-refractivity contribution in [2.75, 3.05) is 26.8 Å². The lowest BCUT2D eigenvalue weighted by Crippen LogP contribution is -2.34. The Labute approximate surface area is 141 Å². The fourth-order valence-electron chi connectivity index (χ4n) is 2.09. The minimum Gasteiger partial charge on any atom is -0.489 e. The lowest BCUT2D eigenvalue weighted by molar-refractivity contribution is -0.132. The van der Waals surface area contributed by atoms with Crippen LogP contribution in [0.2, 0.25) is 0 Å². The maximum atomic E-state index is 13.4. The van der Waals surface area contributed by atoms with Crippen LogP contribution < -0.4 is 9.47 Å². The van der Waals surface area contributed by atoms with Crippen LogP contribution in [0.3, 0.4) is 0 Å². The zero-order valence-electron chi connectivity index (χ0n) is 14.2. The van der Waals surface area contributed by atoms with Gasteiger partial charge in [0.15, 0.2) is 18.2 Å². The van der Waals surface area contributed by atoms with Gasteiger partial charge in [-0.2, -0.15) is 0 Å². The molecule has 0 aliphatic carbocycles. The highest BCUT2D eigenvalue weighted by molar-refractivity contribution is 5.77. The van der Waals surface area contributed by atoms with Gasteiger partial charge in [-0.3, -0.25) is 4.79 Å². The molecule has 0 saturated carbocycles. The summed E-state index contributed by atoms with van der Waals surface area (Å²) in [5, 5.41) is 0. The molecular formula is C19H22FNO3. The highest BCUT2D eigenvalue weighted by Gasteiger charge is 2.11. The summed E-state index contributed by atoms with van der Waals surface area (Å²) in [6.45, 7) is 4.43. The second kappa shape index (κ2) is 8.34. The molecule has 0 aromatic heterocycles. The van der Waals surface area contributed by atoms with E-state index in [0.717, 1.165) is 11.1 Å². The molecule has 1 amide bonds. The standard InChI is InChI=1S/C19H22FNO3/c1-14-8-9-15(2)18(12-14)24-13-19(22)21(3)10-11-23-17-7-5-4-6-16(17)20/h4-9,12H,10-11,13H2,1-3H3. The first kappa shape index (κ1) is 17.8. The van der Waals surface area contributed by atoms with E-state index in [1.807, 2.05) is 32.0 Å². The van der Waals surface area contributed by atoms with Crippen LogP contribution in [0.1, 0.15) is 11.1 Å². The number of nitrogens with zero attached hydrogens (tertiary/aromatic N) is 1. The highest BCUT2D eigenvalue weighted by atomic mass is 19.1. The summed E-state index contributed by atoms with van der Waals surface area (Å²) in [5.74, 6) is 0.321. The summed E-state index contributed by atoms with van der Waals surface area (Å²) >= 11 is 0. The van der Waals surface area contributed by atoms with Crippen molar-refractivity contribution in [3.05, 3.63) is 59.4 Å². The number of likely N-dealkylation sites (N-methyl/N-ethyl adjacent to an activating group) is 1. The van der Waals surface area contributed by atoms with Crippen LogP contribution in [0.4, 0.5) is 4.39 Å². The summed E-state index contributed by atoms with van der Waals surface area (Å²) in [7, 11) is 1.67. The monoisotopic (exact) mass is 331 g/mol. The highest BCUT2D eigenvalue weighted by Crippen LogP contribution is 2.19. The van der Waals surface area contributed by atoms with E-state index in [9.17, 15) is 9.18 Å². The Morgan fingerprint density at radius 3 is 2.58 bits per heavy atom. The Morgan fingerprint density at radius 2 is 1.83 bits per heavy atom. The fraction of sp³-hybridized carbons (Fsp3) is 0.316. The average Bonchev–Trinajstić information content (AvgIpc) is 2.57. The number of amides is 1. The number of hydrogen-bond acceptors (Lipinski definition) is 3. The van der Waals surface area contributed by atoms with Crippen molar-refractivity contribution >= 4 is 5.91 Å². The Bertz CT molecular complexity index is 703. The van der Waals surface area contributed by atoms with E-state index in [0.29, 0.717) is 12.3 Å². The smallest absolute Gasteiger partial charge is 0.260 e. The molecule has 0 bridgehead atoms. The number of hydrogen-bond donors (Lipinski definition) is 0. The van der Waals surface area contributed by atoms with Gasteiger partial charge in [-0.1, -0.05) is 24.3 Å². The average molecular weight is 331 g/mol. The van der Waals surface area contributed by atoms with Crippen molar-refractivity contribution in [1.82, 2.24) is 4.90 Å². The lowest BCUT2D eigenvalue weighted by atomic mass is 10.1. The minimum atomic E-state index is -0.412. The van der Waals surface area contributed by atoms with Gasteiger partial charge in [-0.05, 0) is 43.2 Å². The third-order valence-electron chi connectivity index (χ3n) is 3.64. The van der Waals surface area contributed by atoms with Crippen LogP contribution in [0.5, 0.6) is 11.5 Å². The van der Waals surface area contributed by atoms with E-state index in [2.05, 4.69) is 0 Å². The number of carbonyl (C=O) groups is 1. The molecular weight excluding hydrogens is 309 g/mol. The van der Waals surface area contributed by atoms with Crippen molar-refractivity contribution in [1.29, 1.82) is 0 Å². The second-order valence-electron chi connectivity index (χ2n) is 5.65. The van der Waals surface area contributed by atoms with Crippen LogP contribution in [0.25, 0.3) is 0 Å². The quantitative estimate of drug-likeness (QED) is 0.781. The molecule has 2 rings (SSSR count). The van der Waals surface area contributed by atoms with Crippen LogP contribution in [-0.4, -0.2) is 37.6 Å². The van der Waals surface area contributed by atoms with Crippen molar-refractivity contribution in [3.8, 4) is 11.5 Å². The lowest BCUT2D eigenvalue weighted by Gasteiger charge is -2.18. The predicted molar refractivity (Wildman–Crippen MR) is 90.9 cm³/mol. The largest absolute Gasteiger partial charge is 0.489 e. The molecule has 0 N–H and O–H groups in total. The first-order chi connectivity index (χ1) is 11.5. The molecule has 2 aromatic rings. The molecule has 4 nitrogen and oxygen atoms in total. The molecule has 5 heteroatoms. The summed E-state index contributed by atoms with van der Waals surface area (Å²) in [6.07, 6.45) is 0. The van der Waals surface area contributed by atoms with Crippen molar-refractivity contribution < 1.29 is 18.7 Å². The van der Waals surface area contributed by atoms with E-state index in [1.165, 1.54) is 11.0 Å². The van der Waals surface area contributed by atoms with Gasteiger partial charge in [-0.15, -0.1) is 0 Å². The number of ether oxygens (including phenoxy) is 2. The zero-order valence-corrected chi connectivity index (χ0v) is 14.2. The molecule has 128 valence electrons. The molecule has 0 fully saturated rings. The molecule has 0 heterocycles. The van der Waals surface area contributed by atoms with Gasteiger partial charge >= 0.3 is 0 Å². The van der Waals surface area contributed by atoms with Crippen LogP contribution in [0.15, 0.2) is 42.5 Å². The van der Waals surface area contributed by atoms with Gasteiger partial charge in [0.05, 0.1) is 6.54 Å². The first-order valence-electron chi connectivity index (χ1n) is 7.78. The van der Waals surface area contributed by atoms with Gasteiger partial charge in [0.1, 0.15) is 12.4 Å². The zero-order chi connectivity index (χ0) is 17.5. The number of carbonyl (C=O) groups excluding carboxylic acids is 1. The molecule has 0 saturated heterocycles. The normalized spacial score (nSPS) is 10.3. The molecule has 0 atom stereocenters. The summed E-state index contributed by atoms with van der Waals surface area (Å²) in [5.41, 5.74) is 2.06.